The van der Waals surface area contributed by atoms with Crippen LogP contribution in [-0.2, 0) is 9.47 Å². The highest BCUT2D eigenvalue weighted by Gasteiger charge is 2.23. The van der Waals surface area contributed by atoms with Gasteiger partial charge in [-0.05, 0) is 31.8 Å². The van der Waals surface area contributed by atoms with E-state index in [1.165, 1.54) is 0 Å². The Morgan fingerprint density at radius 1 is 1.14 bits per heavy atom. The topological polar surface area (TPSA) is 41.9 Å². The Labute approximate surface area is 84.8 Å². The minimum absolute atomic E-state index is 0.0133. The molecule has 2 aliphatic rings. The van der Waals surface area contributed by atoms with Gasteiger partial charge in [0.2, 0.25) is 0 Å². The third-order valence-electron chi connectivity index (χ3n) is 3.06. The highest BCUT2D eigenvalue weighted by atomic mass is 16.7. The van der Waals surface area contributed by atoms with Gasteiger partial charge in [0.05, 0.1) is 13.2 Å². The van der Waals surface area contributed by atoms with Gasteiger partial charge in [0.1, 0.15) is 0 Å². The van der Waals surface area contributed by atoms with Crippen LogP contribution in [0.25, 0.3) is 0 Å². The first-order chi connectivity index (χ1) is 6.88. The highest BCUT2D eigenvalue weighted by Crippen LogP contribution is 2.17. The van der Waals surface area contributed by atoms with Crippen LogP contribution in [0.4, 0.5) is 0 Å². The fraction of sp³-hybridized carbons (Fsp3) is 1.00. The van der Waals surface area contributed by atoms with E-state index >= 15 is 0 Å². The van der Waals surface area contributed by atoms with Gasteiger partial charge in [0.25, 0.3) is 0 Å². The van der Waals surface area contributed by atoms with Crippen molar-refractivity contribution in [1.29, 1.82) is 0 Å². The van der Waals surface area contributed by atoms with E-state index in [0.29, 0.717) is 12.5 Å². The molecule has 0 spiro atoms. The fourth-order valence-electron chi connectivity index (χ4n) is 2.08. The molecule has 2 fully saturated rings. The zero-order chi connectivity index (χ0) is 9.80. The van der Waals surface area contributed by atoms with Gasteiger partial charge in [-0.2, -0.15) is 0 Å². The average molecular weight is 201 g/mol. The Morgan fingerprint density at radius 3 is 2.36 bits per heavy atom. The first-order valence-corrected chi connectivity index (χ1v) is 5.45. The van der Waals surface area contributed by atoms with Crippen molar-refractivity contribution in [3.8, 4) is 0 Å². The SMILES string of the molecule is OCC1CCN(CC2OCCO2)CC1. The third kappa shape index (κ3) is 2.67. The third-order valence-corrected chi connectivity index (χ3v) is 3.06. The number of hydrogen-bond acceptors (Lipinski definition) is 4. The first kappa shape index (κ1) is 10.4. The van der Waals surface area contributed by atoms with Crippen molar-refractivity contribution >= 4 is 0 Å². The summed E-state index contributed by atoms with van der Waals surface area (Å²) in [5, 5.41) is 8.99. The molecule has 14 heavy (non-hydrogen) atoms. The van der Waals surface area contributed by atoms with Crippen LogP contribution >= 0.6 is 0 Å². The minimum atomic E-state index is -0.0133. The molecule has 4 heteroatoms. The maximum atomic E-state index is 8.99. The Hall–Kier alpha value is -0.160. The molecule has 2 aliphatic heterocycles. The lowest BCUT2D eigenvalue weighted by Gasteiger charge is -2.31. The molecule has 0 saturated carbocycles. The van der Waals surface area contributed by atoms with E-state index in [-0.39, 0.29) is 6.29 Å². The van der Waals surface area contributed by atoms with Crippen LogP contribution in [0.3, 0.4) is 0 Å². The van der Waals surface area contributed by atoms with Crippen LogP contribution in [0, 0.1) is 5.92 Å². The molecular weight excluding hydrogens is 182 g/mol. The number of piperidine rings is 1. The van der Waals surface area contributed by atoms with Crippen molar-refractivity contribution in [2.24, 2.45) is 5.92 Å². The highest BCUT2D eigenvalue weighted by molar-refractivity contribution is 4.73. The quantitative estimate of drug-likeness (QED) is 0.701. The van der Waals surface area contributed by atoms with E-state index in [1.807, 2.05) is 0 Å². The predicted molar refractivity (Wildman–Crippen MR) is 51.9 cm³/mol. The fourth-order valence-corrected chi connectivity index (χ4v) is 2.08. The summed E-state index contributed by atoms with van der Waals surface area (Å²) in [7, 11) is 0. The molecule has 0 aromatic rings. The minimum Gasteiger partial charge on any atom is -0.396 e. The molecule has 4 nitrogen and oxygen atoms in total. The molecule has 0 unspecified atom stereocenters. The van der Waals surface area contributed by atoms with E-state index in [9.17, 15) is 0 Å². The summed E-state index contributed by atoms with van der Waals surface area (Å²) in [6.45, 7) is 4.82. The first-order valence-electron chi connectivity index (χ1n) is 5.45. The molecule has 2 heterocycles. The van der Waals surface area contributed by atoms with Gasteiger partial charge < -0.3 is 14.6 Å². The second kappa shape index (κ2) is 5.07. The molecule has 1 N–H and O–H groups in total. The maximum Gasteiger partial charge on any atom is 0.170 e. The van der Waals surface area contributed by atoms with E-state index in [0.717, 1.165) is 45.7 Å². The van der Waals surface area contributed by atoms with Gasteiger partial charge in [-0.3, -0.25) is 4.90 Å². The normalized spacial score (nSPS) is 27.2. The number of aliphatic hydroxyl groups excluding tert-OH is 1. The standard InChI is InChI=1S/C10H19NO3/c12-8-9-1-3-11(4-2-9)7-10-13-5-6-14-10/h9-10,12H,1-8H2. The molecule has 0 atom stereocenters. The number of hydrogen-bond donors (Lipinski definition) is 1. The van der Waals surface area contributed by atoms with Gasteiger partial charge >= 0.3 is 0 Å². The summed E-state index contributed by atoms with van der Waals surface area (Å²) in [6, 6.07) is 0. The van der Waals surface area contributed by atoms with Crippen LogP contribution < -0.4 is 0 Å². The van der Waals surface area contributed by atoms with Gasteiger partial charge in [-0.25, -0.2) is 0 Å². The molecule has 2 saturated heterocycles. The van der Waals surface area contributed by atoms with Crippen LogP contribution in [0.2, 0.25) is 0 Å². The largest absolute Gasteiger partial charge is 0.396 e. The molecule has 0 aromatic carbocycles. The van der Waals surface area contributed by atoms with Crippen LogP contribution in [0.5, 0.6) is 0 Å². The maximum absolute atomic E-state index is 8.99. The van der Waals surface area contributed by atoms with Crippen LogP contribution in [0.1, 0.15) is 12.8 Å². The van der Waals surface area contributed by atoms with E-state index in [1.54, 1.807) is 0 Å². The lowest BCUT2D eigenvalue weighted by molar-refractivity contribution is -0.0668. The van der Waals surface area contributed by atoms with E-state index in [2.05, 4.69) is 4.90 Å². The van der Waals surface area contributed by atoms with Gasteiger partial charge in [-0.1, -0.05) is 0 Å². The van der Waals surface area contributed by atoms with Crippen molar-refractivity contribution in [3.63, 3.8) is 0 Å². The number of likely N-dealkylation sites (tertiary alicyclic amines) is 1. The summed E-state index contributed by atoms with van der Waals surface area (Å²) in [4.78, 5) is 2.36. The van der Waals surface area contributed by atoms with Crippen molar-refractivity contribution in [1.82, 2.24) is 4.90 Å². The molecule has 2 rings (SSSR count). The molecular formula is C10H19NO3. The number of rotatable bonds is 3. The number of nitrogens with zero attached hydrogens (tertiary/aromatic N) is 1. The van der Waals surface area contributed by atoms with Crippen molar-refractivity contribution in [3.05, 3.63) is 0 Å². The van der Waals surface area contributed by atoms with Crippen molar-refractivity contribution in [2.45, 2.75) is 19.1 Å². The number of aliphatic hydroxyl groups is 1. The predicted octanol–water partition coefficient (Wildman–Crippen LogP) is 0.0636. The molecule has 0 aliphatic carbocycles. The van der Waals surface area contributed by atoms with Crippen molar-refractivity contribution in [2.75, 3.05) is 39.5 Å². The van der Waals surface area contributed by atoms with Crippen LogP contribution in [-0.4, -0.2) is 55.8 Å². The van der Waals surface area contributed by atoms with E-state index < -0.39 is 0 Å². The Kier molecular flexibility index (Phi) is 3.75. The lowest BCUT2D eigenvalue weighted by Crippen LogP contribution is -2.39. The summed E-state index contributed by atoms with van der Waals surface area (Å²) < 4.78 is 10.8. The molecule has 0 amide bonds. The van der Waals surface area contributed by atoms with E-state index in [4.69, 9.17) is 14.6 Å². The monoisotopic (exact) mass is 201 g/mol. The summed E-state index contributed by atoms with van der Waals surface area (Å²) in [5.41, 5.74) is 0. The molecule has 0 radical (unpaired) electrons. The zero-order valence-corrected chi connectivity index (χ0v) is 8.52. The Morgan fingerprint density at radius 2 is 1.79 bits per heavy atom. The summed E-state index contributed by atoms with van der Waals surface area (Å²) in [5.74, 6) is 0.511. The second-order valence-corrected chi connectivity index (χ2v) is 4.10. The second-order valence-electron chi connectivity index (χ2n) is 4.10. The van der Waals surface area contributed by atoms with Crippen molar-refractivity contribution < 1.29 is 14.6 Å². The number of ether oxygens (including phenoxy) is 2. The molecule has 0 bridgehead atoms. The molecule has 82 valence electrons. The average Bonchev–Trinajstić information content (AvgIpc) is 2.72. The lowest BCUT2D eigenvalue weighted by atomic mass is 9.98. The van der Waals surface area contributed by atoms with Gasteiger partial charge in [0.15, 0.2) is 6.29 Å². The Balaban J connectivity index is 1.67. The van der Waals surface area contributed by atoms with Crippen LogP contribution in [0.15, 0.2) is 0 Å². The summed E-state index contributed by atoms with van der Waals surface area (Å²) in [6.07, 6.45) is 2.19. The van der Waals surface area contributed by atoms with Gasteiger partial charge in [0, 0.05) is 13.2 Å². The smallest absolute Gasteiger partial charge is 0.170 e. The molecule has 0 aromatic heterocycles. The zero-order valence-electron chi connectivity index (χ0n) is 8.52. The summed E-state index contributed by atoms with van der Waals surface area (Å²) >= 11 is 0. The Bertz CT molecular complexity index is 163. The van der Waals surface area contributed by atoms with Gasteiger partial charge in [-0.15, -0.1) is 0 Å².